The molecule has 0 aliphatic heterocycles. The van der Waals surface area contributed by atoms with Crippen LogP contribution in [0.4, 0.5) is 11.5 Å². The monoisotopic (exact) mass is 286 g/mol. The molecular weight excluding hydrogens is 264 g/mol. The average Bonchev–Trinajstić information content (AvgIpc) is 2.44. The molecule has 3 N–H and O–H groups in total. The molecule has 112 valence electrons. The SMILES string of the molecule is CC(Cc1ccccc1)Nc1ncnc(OC(C)C)c1N. The Labute approximate surface area is 125 Å². The molecule has 0 radical (unpaired) electrons. The highest BCUT2D eigenvalue weighted by Gasteiger charge is 2.13. The molecule has 1 aromatic heterocycles. The first-order chi connectivity index (χ1) is 10.1. The fourth-order valence-corrected chi connectivity index (χ4v) is 2.06. The van der Waals surface area contributed by atoms with Gasteiger partial charge in [0.1, 0.15) is 12.0 Å². The first-order valence-corrected chi connectivity index (χ1v) is 7.14. The predicted octanol–water partition coefficient (Wildman–Crippen LogP) is 2.89. The molecule has 1 atom stereocenters. The molecule has 0 bridgehead atoms. The number of hydrogen-bond donors (Lipinski definition) is 2. The molecule has 2 aromatic rings. The van der Waals surface area contributed by atoms with E-state index in [1.165, 1.54) is 11.9 Å². The molecular formula is C16H22N4O. The van der Waals surface area contributed by atoms with Crippen LogP contribution in [-0.2, 0) is 6.42 Å². The normalized spacial score (nSPS) is 12.2. The predicted molar refractivity (Wildman–Crippen MR) is 85.4 cm³/mol. The molecule has 21 heavy (non-hydrogen) atoms. The van der Waals surface area contributed by atoms with Crippen molar-refractivity contribution in [3.63, 3.8) is 0 Å². The van der Waals surface area contributed by atoms with Crippen LogP contribution in [0.3, 0.4) is 0 Å². The van der Waals surface area contributed by atoms with E-state index in [0.717, 1.165) is 6.42 Å². The summed E-state index contributed by atoms with van der Waals surface area (Å²) in [7, 11) is 0. The Morgan fingerprint density at radius 3 is 2.52 bits per heavy atom. The minimum Gasteiger partial charge on any atom is -0.473 e. The van der Waals surface area contributed by atoms with E-state index < -0.39 is 0 Å². The second kappa shape index (κ2) is 6.92. The smallest absolute Gasteiger partial charge is 0.242 e. The van der Waals surface area contributed by atoms with Gasteiger partial charge >= 0.3 is 0 Å². The number of anilines is 2. The van der Waals surface area contributed by atoms with Gasteiger partial charge in [0, 0.05) is 6.04 Å². The average molecular weight is 286 g/mol. The molecule has 1 aromatic carbocycles. The molecule has 0 amide bonds. The summed E-state index contributed by atoms with van der Waals surface area (Å²) in [5, 5.41) is 3.32. The van der Waals surface area contributed by atoms with Crippen molar-refractivity contribution in [2.75, 3.05) is 11.1 Å². The van der Waals surface area contributed by atoms with E-state index in [4.69, 9.17) is 10.5 Å². The summed E-state index contributed by atoms with van der Waals surface area (Å²) in [5.41, 5.74) is 7.78. The fourth-order valence-electron chi connectivity index (χ4n) is 2.06. The molecule has 0 aliphatic carbocycles. The lowest BCUT2D eigenvalue weighted by atomic mass is 10.1. The molecule has 5 heteroatoms. The zero-order chi connectivity index (χ0) is 15.2. The summed E-state index contributed by atoms with van der Waals surface area (Å²) in [6, 6.07) is 10.5. The summed E-state index contributed by atoms with van der Waals surface area (Å²) in [6.07, 6.45) is 2.38. The maximum Gasteiger partial charge on any atom is 0.242 e. The highest BCUT2D eigenvalue weighted by molar-refractivity contribution is 5.66. The van der Waals surface area contributed by atoms with E-state index in [1.807, 2.05) is 32.0 Å². The highest BCUT2D eigenvalue weighted by atomic mass is 16.5. The Hall–Kier alpha value is -2.30. The molecule has 0 saturated heterocycles. The van der Waals surface area contributed by atoms with Gasteiger partial charge in [-0.25, -0.2) is 4.98 Å². The van der Waals surface area contributed by atoms with Gasteiger partial charge in [0.15, 0.2) is 5.82 Å². The molecule has 0 spiro atoms. The summed E-state index contributed by atoms with van der Waals surface area (Å²) >= 11 is 0. The van der Waals surface area contributed by atoms with Crippen molar-refractivity contribution in [2.45, 2.75) is 39.3 Å². The third-order valence-corrected chi connectivity index (χ3v) is 2.96. The zero-order valence-electron chi connectivity index (χ0n) is 12.7. The molecule has 1 heterocycles. The second-order valence-electron chi connectivity index (χ2n) is 5.34. The summed E-state index contributed by atoms with van der Waals surface area (Å²) in [6.45, 7) is 5.97. The van der Waals surface area contributed by atoms with Crippen LogP contribution in [0.2, 0.25) is 0 Å². The summed E-state index contributed by atoms with van der Waals surface area (Å²) in [5.74, 6) is 1.04. The number of nitrogens with two attached hydrogens (primary N) is 1. The number of benzene rings is 1. The van der Waals surface area contributed by atoms with Crippen LogP contribution in [0, 0.1) is 0 Å². The number of hydrogen-bond acceptors (Lipinski definition) is 5. The lowest BCUT2D eigenvalue weighted by Crippen LogP contribution is -2.20. The van der Waals surface area contributed by atoms with E-state index in [0.29, 0.717) is 17.4 Å². The van der Waals surface area contributed by atoms with Crippen molar-refractivity contribution in [3.8, 4) is 5.88 Å². The third kappa shape index (κ3) is 4.34. The van der Waals surface area contributed by atoms with Gasteiger partial charge in [-0.3, -0.25) is 0 Å². The van der Waals surface area contributed by atoms with Crippen LogP contribution in [0.15, 0.2) is 36.7 Å². The first-order valence-electron chi connectivity index (χ1n) is 7.14. The van der Waals surface area contributed by atoms with Crippen LogP contribution in [-0.4, -0.2) is 22.1 Å². The highest BCUT2D eigenvalue weighted by Crippen LogP contribution is 2.26. The van der Waals surface area contributed by atoms with Crippen molar-refractivity contribution >= 4 is 11.5 Å². The Kier molecular flexibility index (Phi) is 4.98. The fraction of sp³-hybridized carbons (Fsp3) is 0.375. The van der Waals surface area contributed by atoms with Crippen LogP contribution in [0.5, 0.6) is 5.88 Å². The minimum atomic E-state index is 0.0248. The number of nitrogens with one attached hydrogen (secondary N) is 1. The van der Waals surface area contributed by atoms with Crippen molar-refractivity contribution in [3.05, 3.63) is 42.2 Å². The maximum absolute atomic E-state index is 6.06. The number of aromatic nitrogens is 2. The van der Waals surface area contributed by atoms with Crippen LogP contribution < -0.4 is 15.8 Å². The maximum atomic E-state index is 6.06. The number of rotatable bonds is 6. The van der Waals surface area contributed by atoms with E-state index in [9.17, 15) is 0 Å². The van der Waals surface area contributed by atoms with Gasteiger partial charge in [-0.1, -0.05) is 30.3 Å². The Morgan fingerprint density at radius 2 is 1.86 bits per heavy atom. The van der Waals surface area contributed by atoms with E-state index in [1.54, 1.807) is 0 Å². The molecule has 2 rings (SSSR count). The summed E-state index contributed by atoms with van der Waals surface area (Å²) in [4.78, 5) is 8.27. The second-order valence-corrected chi connectivity index (χ2v) is 5.34. The van der Waals surface area contributed by atoms with Crippen molar-refractivity contribution < 1.29 is 4.74 Å². The van der Waals surface area contributed by atoms with Gasteiger partial charge in [-0.05, 0) is 32.8 Å². The zero-order valence-corrected chi connectivity index (χ0v) is 12.7. The Bertz CT molecular complexity index is 572. The Morgan fingerprint density at radius 1 is 1.14 bits per heavy atom. The third-order valence-electron chi connectivity index (χ3n) is 2.96. The van der Waals surface area contributed by atoms with Gasteiger partial charge in [0.2, 0.25) is 5.88 Å². The number of nitrogen functional groups attached to an aromatic ring is 1. The lowest BCUT2D eigenvalue weighted by molar-refractivity contribution is 0.234. The topological polar surface area (TPSA) is 73.1 Å². The number of nitrogens with zero attached hydrogens (tertiary/aromatic N) is 2. The van der Waals surface area contributed by atoms with E-state index >= 15 is 0 Å². The van der Waals surface area contributed by atoms with Crippen LogP contribution in [0.25, 0.3) is 0 Å². The standard InChI is InChI=1S/C16H22N4O/c1-11(2)21-16-14(17)15(18-10-19-16)20-12(3)9-13-7-5-4-6-8-13/h4-8,10-12H,9,17H2,1-3H3,(H,18,19,20). The van der Waals surface area contributed by atoms with E-state index in [2.05, 4.69) is 34.3 Å². The molecule has 1 unspecified atom stereocenters. The van der Waals surface area contributed by atoms with Crippen molar-refractivity contribution in [1.82, 2.24) is 9.97 Å². The molecule has 0 aliphatic rings. The van der Waals surface area contributed by atoms with Gasteiger partial charge in [-0.15, -0.1) is 0 Å². The van der Waals surface area contributed by atoms with E-state index in [-0.39, 0.29) is 12.1 Å². The van der Waals surface area contributed by atoms with Crippen molar-refractivity contribution in [1.29, 1.82) is 0 Å². The number of ether oxygens (including phenoxy) is 1. The van der Waals surface area contributed by atoms with Gasteiger partial charge < -0.3 is 15.8 Å². The van der Waals surface area contributed by atoms with Crippen LogP contribution >= 0.6 is 0 Å². The lowest BCUT2D eigenvalue weighted by Gasteiger charge is -2.17. The molecule has 0 fully saturated rings. The first kappa shape index (κ1) is 15.1. The molecule has 0 saturated carbocycles. The van der Waals surface area contributed by atoms with Crippen molar-refractivity contribution in [2.24, 2.45) is 0 Å². The van der Waals surface area contributed by atoms with Crippen LogP contribution in [0.1, 0.15) is 26.3 Å². The largest absolute Gasteiger partial charge is 0.473 e. The minimum absolute atomic E-state index is 0.0248. The quantitative estimate of drug-likeness (QED) is 0.854. The van der Waals surface area contributed by atoms with Gasteiger partial charge in [0.05, 0.1) is 6.10 Å². The van der Waals surface area contributed by atoms with Gasteiger partial charge in [0.25, 0.3) is 0 Å². The molecule has 5 nitrogen and oxygen atoms in total. The summed E-state index contributed by atoms with van der Waals surface area (Å²) < 4.78 is 5.57. The Balaban J connectivity index is 2.05. The van der Waals surface area contributed by atoms with Gasteiger partial charge in [-0.2, -0.15) is 4.98 Å².